The highest BCUT2D eigenvalue weighted by molar-refractivity contribution is 7.90. The Labute approximate surface area is 389 Å². The lowest BCUT2D eigenvalue weighted by Gasteiger charge is -2.57. The Morgan fingerprint density at radius 3 is 2.51 bits per heavy atom. The Bertz CT molecular complexity index is 2820. The van der Waals surface area contributed by atoms with Crippen LogP contribution in [-0.2, 0) is 14.8 Å². The molecule has 1 spiro atoms. The zero-order chi connectivity index (χ0) is 46.1. The number of aromatic amines is 1. The summed E-state index contributed by atoms with van der Waals surface area (Å²) in [5.41, 5.74) is 3.25. The van der Waals surface area contributed by atoms with Crippen LogP contribution in [0.15, 0.2) is 84.0 Å². The number of rotatable bonds is 11. The number of nitrogens with one attached hydrogen (secondary N) is 2. The van der Waals surface area contributed by atoms with E-state index in [1.165, 1.54) is 30.2 Å². The summed E-state index contributed by atoms with van der Waals surface area (Å²) in [7, 11) is -4.69. The van der Waals surface area contributed by atoms with Crippen LogP contribution in [0, 0.1) is 21.4 Å². The molecule has 1 amide bonds. The summed E-state index contributed by atoms with van der Waals surface area (Å²) in [6, 6.07) is 20.5. The number of aliphatic hydroxyl groups is 1. The maximum absolute atomic E-state index is 14.1. The molecule has 2 saturated heterocycles. The predicted octanol–water partition coefficient (Wildman–Crippen LogP) is 8.16. The van der Waals surface area contributed by atoms with Gasteiger partial charge in [0, 0.05) is 61.1 Å². The van der Waals surface area contributed by atoms with Gasteiger partial charge in [-0.05, 0) is 124 Å². The number of H-pyrrole nitrogens is 1. The number of amides is 1. The Hall–Kier alpha value is -5.75. The zero-order valence-corrected chi connectivity index (χ0v) is 38.3. The maximum atomic E-state index is 14.1. The summed E-state index contributed by atoms with van der Waals surface area (Å²) in [6.07, 6.45) is 12.1. The number of aromatic nitrogens is 2. The van der Waals surface area contributed by atoms with Gasteiger partial charge in [0.05, 0.1) is 46.4 Å². The van der Waals surface area contributed by atoms with Crippen LogP contribution in [0.5, 0.6) is 23.0 Å². The van der Waals surface area contributed by atoms with E-state index in [0.717, 1.165) is 81.7 Å². The SMILES string of the molecule is C[C@]1(O)CC[C@H]([C@@H]2COc3cc(S(=O)(=O)NC(=O)c4ccc(N5CCC6(CC5)CC(N5CCOC[C@H]5c5ccccc5C5CC5)C6)cc4Oc4cnc5[nH]ccc5c4)cc([N+](=O)[O-])c3O2)CC1. The van der Waals surface area contributed by atoms with Gasteiger partial charge < -0.3 is 33.9 Å². The van der Waals surface area contributed by atoms with Crippen molar-refractivity contribution in [2.24, 2.45) is 11.3 Å². The molecule has 5 aromatic rings. The number of ether oxygens (including phenoxy) is 4. The smallest absolute Gasteiger partial charge is 0.316 e. The van der Waals surface area contributed by atoms with E-state index < -0.39 is 43.1 Å². The molecular weight excluding hydrogens is 877 g/mol. The number of nitrogens with zero attached hydrogens (tertiary/aromatic N) is 4. The lowest BCUT2D eigenvalue weighted by atomic mass is 9.59. The number of carbonyl (C=O) groups excluding carboxylic acids is 1. The molecule has 17 heteroatoms. The Kier molecular flexibility index (Phi) is 11.2. The van der Waals surface area contributed by atoms with Crippen LogP contribution in [0.1, 0.15) is 105 Å². The Morgan fingerprint density at radius 1 is 0.970 bits per heavy atom. The third-order valence-corrected chi connectivity index (χ3v) is 16.7. The molecule has 6 aliphatic rings. The third kappa shape index (κ3) is 8.70. The van der Waals surface area contributed by atoms with Crippen molar-refractivity contribution in [3.8, 4) is 23.0 Å². The number of nitro groups is 1. The quantitative estimate of drug-likeness (QED) is 0.0848. The summed E-state index contributed by atoms with van der Waals surface area (Å²) >= 11 is 0. The number of piperidine rings is 1. The molecule has 3 aliphatic carbocycles. The molecule has 3 aliphatic heterocycles. The normalized spacial score (nSPS) is 25.4. The molecule has 67 heavy (non-hydrogen) atoms. The highest BCUT2D eigenvalue weighted by Crippen LogP contribution is 2.54. The fourth-order valence-electron chi connectivity index (χ4n) is 11.3. The number of benzene rings is 3. The average molecular weight is 933 g/mol. The first-order chi connectivity index (χ1) is 32.3. The fourth-order valence-corrected chi connectivity index (χ4v) is 12.3. The summed E-state index contributed by atoms with van der Waals surface area (Å²) in [5, 5.41) is 23.6. The first-order valence-electron chi connectivity index (χ1n) is 23.6. The van der Waals surface area contributed by atoms with Gasteiger partial charge in [-0.1, -0.05) is 24.3 Å². The minimum atomic E-state index is -4.69. The van der Waals surface area contributed by atoms with Gasteiger partial charge in [-0.3, -0.25) is 19.8 Å². The second-order valence-corrected chi connectivity index (χ2v) is 21.6. The predicted molar refractivity (Wildman–Crippen MR) is 248 cm³/mol. The molecule has 2 atom stereocenters. The second kappa shape index (κ2) is 17.1. The first kappa shape index (κ1) is 43.8. The highest BCUT2D eigenvalue weighted by Gasteiger charge is 2.50. The summed E-state index contributed by atoms with van der Waals surface area (Å²) in [6.45, 7) is 5.89. The van der Waals surface area contributed by atoms with Gasteiger partial charge in [-0.2, -0.15) is 0 Å². The van der Waals surface area contributed by atoms with E-state index in [4.69, 9.17) is 18.9 Å². The third-order valence-electron chi connectivity index (χ3n) is 15.4. The minimum absolute atomic E-state index is 0.00394. The topological polar surface area (TPSA) is 199 Å². The molecule has 3 saturated carbocycles. The number of pyridine rings is 1. The van der Waals surface area contributed by atoms with Crippen LogP contribution in [0.4, 0.5) is 11.4 Å². The molecular formula is C50H56N6O10S. The van der Waals surface area contributed by atoms with E-state index in [-0.39, 0.29) is 46.8 Å². The van der Waals surface area contributed by atoms with E-state index >= 15 is 0 Å². The average Bonchev–Trinajstić information content (AvgIpc) is 4.06. The number of hydrogen-bond acceptors (Lipinski definition) is 13. The molecule has 0 unspecified atom stereocenters. The standard InChI is InChI=1S/C50H56N6O10S/c1-49(58)13-10-32(11-14-49)45-30-64-44-25-37(24-41(56(59)60)46(44)66-45)67(61,62)53-48(57)40-9-8-34(23-43(40)65-36-22-33-12-17-51-47(33)52-28-36)54-18-15-50(16-19-54)26-35(27-50)55-20-21-63-29-42(55)39-5-3-2-4-38(39)31-6-7-31/h2-5,8-9,12,17,22-25,28,31-32,35,42,45,58H,6-7,10-11,13-16,18-21,26-27,29-30H2,1H3,(H,51,52)(H,53,57)/t32-,42-,45-,49-/m0/s1. The van der Waals surface area contributed by atoms with Gasteiger partial charge in [0.15, 0.2) is 5.75 Å². The molecule has 5 fully saturated rings. The molecule has 0 bridgehead atoms. The monoisotopic (exact) mass is 932 g/mol. The number of hydrogen-bond donors (Lipinski definition) is 3. The maximum Gasteiger partial charge on any atom is 0.316 e. The van der Waals surface area contributed by atoms with Gasteiger partial charge in [0.2, 0.25) is 5.75 Å². The Balaban J connectivity index is 0.802. The van der Waals surface area contributed by atoms with Gasteiger partial charge in [-0.25, -0.2) is 18.1 Å². The van der Waals surface area contributed by atoms with Crippen molar-refractivity contribution < 1.29 is 42.2 Å². The lowest BCUT2D eigenvalue weighted by Crippen LogP contribution is -2.58. The van der Waals surface area contributed by atoms with Gasteiger partial charge in [-0.15, -0.1) is 0 Å². The highest BCUT2D eigenvalue weighted by atomic mass is 32.2. The molecule has 352 valence electrons. The van der Waals surface area contributed by atoms with Crippen molar-refractivity contribution in [2.45, 2.75) is 106 Å². The molecule has 5 heterocycles. The summed E-state index contributed by atoms with van der Waals surface area (Å²) in [5.74, 6) is -0.113. The number of morpholine rings is 1. The fraction of sp³-hybridized carbons (Fsp3) is 0.480. The van der Waals surface area contributed by atoms with E-state index in [1.54, 1.807) is 37.4 Å². The molecule has 11 rings (SSSR count). The molecule has 2 aromatic heterocycles. The van der Waals surface area contributed by atoms with Crippen LogP contribution < -0.4 is 23.8 Å². The van der Waals surface area contributed by atoms with Crippen molar-refractivity contribution in [1.82, 2.24) is 19.6 Å². The van der Waals surface area contributed by atoms with Gasteiger partial charge in [0.1, 0.15) is 29.9 Å². The van der Waals surface area contributed by atoms with E-state index in [0.29, 0.717) is 49.0 Å². The molecule has 3 N–H and O–H groups in total. The van der Waals surface area contributed by atoms with E-state index in [9.17, 15) is 28.4 Å². The number of anilines is 1. The van der Waals surface area contributed by atoms with E-state index in [1.807, 2.05) is 6.07 Å². The van der Waals surface area contributed by atoms with Gasteiger partial charge in [0.25, 0.3) is 15.9 Å². The molecule has 3 aromatic carbocycles. The van der Waals surface area contributed by atoms with Crippen LogP contribution >= 0.6 is 0 Å². The second-order valence-electron chi connectivity index (χ2n) is 19.9. The number of fused-ring (bicyclic) bond motifs is 2. The Morgan fingerprint density at radius 2 is 1.75 bits per heavy atom. The molecule has 0 radical (unpaired) electrons. The first-order valence-corrected chi connectivity index (χ1v) is 25.1. The lowest BCUT2D eigenvalue weighted by molar-refractivity contribution is -0.386. The van der Waals surface area contributed by atoms with Crippen LogP contribution in [0.2, 0.25) is 0 Å². The summed E-state index contributed by atoms with van der Waals surface area (Å²) < 4.78 is 54.5. The largest absolute Gasteiger partial charge is 0.485 e. The van der Waals surface area contributed by atoms with Crippen LogP contribution in [0.3, 0.4) is 0 Å². The van der Waals surface area contributed by atoms with Crippen molar-refractivity contribution in [2.75, 3.05) is 44.4 Å². The van der Waals surface area contributed by atoms with Gasteiger partial charge >= 0.3 is 5.69 Å². The summed E-state index contributed by atoms with van der Waals surface area (Å²) in [4.78, 5) is 37.7. The molecule has 16 nitrogen and oxygen atoms in total. The van der Waals surface area contributed by atoms with Crippen LogP contribution in [-0.4, -0.2) is 96.4 Å². The van der Waals surface area contributed by atoms with Crippen molar-refractivity contribution >= 4 is 38.3 Å². The van der Waals surface area contributed by atoms with Crippen molar-refractivity contribution in [3.63, 3.8) is 0 Å². The van der Waals surface area contributed by atoms with Crippen LogP contribution in [0.25, 0.3) is 11.0 Å². The number of sulfonamides is 1. The zero-order valence-electron chi connectivity index (χ0n) is 37.5. The van der Waals surface area contributed by atoms with Crippen molar-refractivity contribution in [3.05, 3.63) is 106 Å². The van der Waals surface area contributed by atoms with E-state index in [2.05, 4.69) is 48.8 Å². The van der Waals surface area contributed by atoms with Crippen molar-refractivity contribution in [1.29, 1.82) is 0 Å². The minimum Gasteiger partial charge on any atom is -0.485 e. The number of carbonyl (C=O) groups is 1. The number of nitro benzene ring substituents is 1.